The van der Waals surface area contributed by atoms with Crippen LogP contribution in [0.1, 0.15) is 0 Å². The molecule has 6 heteroatoms. The van der Waals surface area contributed by atoms with E-state index < -0.39 is 0 Å². The molecule has 0 radical (unpaired) electrons. The Labute approximate surface area is 196 Å². The Morgan fingerprint density at radius 3 is 1.15 bits per heavy atom. The second kappa shape index (κ2) is 9.34. The number of para-hydroxylation sites is 2. The third kappa shape index (κ3) is 4.66. The average Bonchev–Trinajstić information content (AvgIpc) is 2.87. The second-order valence-electron chi connectivity index (χ2n) is 7.46. The van der Waals surface area contributed by atoms with E-state index in [9.17, 15) is 10.2 Å². The number of ether oxygens (including phenoxy) is 2. The zero-order valence-corrected chi connectivity index (χ0v) is 18.0. The summed E-state index contributed by atoms with van der Waals surface area (Å²) in [4.78, 5) is 9.62. The molecule has 0 amide bonds. The summed E-state index contributed by atoms with van der Waals surface area (Å²) in [5, 5.41) is 19.5. The summed E-state index contributed by atoms with van der Waals surface area (Å²) in [6.45, 7) is 0. The van der Waals surface area contributed by atoms with Crippen LogP contribution in [-0.2, 0) is 0 Å². The smallest absolute Gasteiger partial charge is 0.247 e. The van der Waals surface area contributed by atoms with Gasteiger partial charge in [0.25, 0.3) is 0 Å². The number of rotatable bonds is 6. The van der Waals surface area contributed by atoms with Crippen LogP contribution in [0.4, 0.5) is 0 Å². The Kier molecular flexibility index (Phi) is 5.78. The first-order valence-corrected chi connectivity index (χ1v) is 10.6. The summed E-state index contributed by atoms with van der Waals surface area (Å²) < 4.78 is 12.3. The lowest BCUT2D eigenvalue weighted by atomic mass is 10.1. The van der Waals surface area contributed by atoms with Gasteiger partial charge in [-0.1, -0.05) is 36.4 Å². The minimum absolute atomic E-state index is 0.142. The first-order valence-electron chi connectivity index (χ1n) is 10.6. The highest BCUT2D eigenvalue weighted by molar-refractivity contribution is 5.73. The van der Waals surface area contributed by atoms with Gasteiger partial charge in [0, 0.05) is 11.1 Å². The van der Waals surface area contributed by atoms with Gasteiger partial charge >= 0.3 is 0 Å². The number of hydrogen-bond donors (Lipinski definition) is 2. The summed E-state index contributed by atoms with van der Waals surface area (Å²) >= 11 is 0. The second-order valence-corrected chi connectivity index (χ2v) is 7.46. The van der Waals surface area contributed by atoms with Gasteiger partial charge in [0.15, 0.2) is 0 Å². The lowest BCUT2D eigenvalue weighted by Gasteiger charge is -2.16. The quantitative estimate of drug-likeness (QED) is 0.297. The maximum atomic E-state index is 9.76. The Hall–Kier alpha value is -4.84. The number of aromatic nitrogens is 2. The molecule has 0 spiro atoms. The first kappa shape index (κ1) is 21.0. The number of phenolic OH excluding ortho intramolecular Hbond substituents is 2. The predicted molar refractivity (Wildman–Crippen MR) is 129 cm³/mol. The van der Waals surface area contributed by atoms with Crippen LogP contribution in [0, 0.1) is 0 Å². The van der Waals surface area contributed by atoms with Gasteiger partial charge in [-0.25, -0.2) is 9.97 Å². The highest BCUT2D eigenvalue weighted by Crippen LogP contribution is 2.39. The highest BCUT2D eigenvalue weighted by Gasteiger charge is 2.20. The lowest BCUT2D eigenvalue weighted by molar-refractivity contribution is 0.441. The number of hydrogen-bond acceptors (Lipinski definition) is 6. The van der Waals surface area contributed by atoms with Crippen molar-refractivity contribution in [1.29, 1.82) is 0 Å². The van der Waals surface area contributed by atoms with Crippen molar-refractivity contribution in [2.24, 2.45) is 0 Å². The molecule has 0 aliphatic carbocycles. The zero-order valence-electron chi connectivity index (χ0n) is 18.0. The van der Waals surface area contributed by atoms with Crippen LogP contribution in [-0.4, -0.2) is 20.2 Å². The Bertz CT molecular complexity index is 1280. The standard InChI is InChI=1S/C28H20N2O4/c31-21-15-11-19(12-16-21)25-27(33-23-7-3-1-4-8-23)29-26(20-13-17-22(32)18-14-20)28(30-25)34-24-9-5-2-6-10-24/h1-18,31-32H. The molecule has 5 aromatic rings. The first-order chi connectivity index (χ1) is 16.7. The number of phenols is 2. The van der Waals surface area contributed by atoms with Crippen LogP contribution in [0.3, 0.4) is 0 Å². The predicted octanol–water partition coefficient (Wildman–Crippen LogP) is 6.81. The summed E-state index contributed by atoms with van der Waals surface area (Å²) in [7, 11) is 0. The zero-order chi connectivity index (χ0) is 23.3. The molecule has 2 N–H and O–H groups in total. The molecule has 34 heavy (non-hydrogen) atoms. The molecule has 0 saturated carbocycles. The van der Waals surface area contributed by atoms with Gasteiger partial charge in [0.1, 0.15) is 34.4 Å². The molecule has 0 saturated heterocycles. The summed E-state index contributed by atoms with van der Waals surface area (Å²) in [5.41, 5.74) is 2.31. The van der Waals surface area contributed by atoms with Crippen LogP contribution in [0.15, 0.2) is 109 Å². The SMILES string of the molecule is Oc1ccc(-c2nc(Oc3ccccc3)c(-c3ccc(O)cc3)nc2Oc2ccccc2)cc1. The fourth-order valence-electron chi connectivity index (χ4n) is 3.36. The van der Waals surface area contributed by atoms with E-state index in [1.54, 1.807) is 48.5 Å². The Morgan fingerprint density at radius 1 is 0.441 bits per heavy atom. The van der Waals surface area contributed by atoms with E-state index >= 15 is 0 Å². The molecule has 0 atom stereocenters. The van der Waals surface area contributed by atoms with Crippen molar-refractivity contribution in [1.82, 2.24) is 9.97 Å². The van der Waals surface area contributed by atoms with Crippen molar-refractivity contribution in [2.45, 2.75) is 0 Å². The molecule has 0 aliphatic heterocycles. The van der Waals surface area contributed by atoms with Crippen molar-refractivity contribution >= 4 is 0 Å². The van der Waals surface area contributed by atoms with E-state index in [1.807, 2.05) is 60.7 Å². The van der Waals surface area contributed by atoms with Crippen molar-refractivity contribution in [3.8, 4) is 57.3 Å². The molecule has 0 aliphatic rings. The van der Waals surface area contributed by atoms with Crippen molar-refractivity contribution < 1.29 is 19.7 Å². The maximum absolute atomic E-state index is 9.76. The Morgan fingerprint density at radius 2 is 0.794 bits per heavy atom. The van der Waals surface area contributed by atoms with Gasteiger partial charge in [-0.15, -0.1) is 0 Å². The van der Waals surface area contributed by atoms with Gasteiger partial charge in [0.2, 0.25) is 11.8 Å². The monoisotopic (exact) mass is 448 g/mol. The molecule has 5 rings (SSSR count). The van der Waals surface area contributed by atoms with Gasteiger partial charge in [0.05, 0.1) is 0 Å². The molecule has 0 fully saturated rings. The van der Waals surface area contributed by atoms with Crippen molar-refractivity contribution in [2.75, 3.05) is 0 Å². The van der Waals surface area contributed by atoms with Gasteiger partial charge in [-0.3, -0.25) is 0 Å². The fourth-order valence-corrected chi connectivity index (χ4v) is 3.36. The topological polar surface area (TPSA) is 84.7 Å². The van der Waals surface area contributed by atoms with E-state index in [0.717, 1.165) is 0 Å². The molecule has 1 aromatic heterocycles. The summed E-state index contributed by atoms with van der Waals surface area (Å²) in [5.74, 6) is 2.04. The van der Waals surface area contributed by atoms with Crippen molar-refractivity contribution in [3.63, 3.8) is 0 Å². The molecule has 1 heterocycles. The van der Waals surface area contributed by atoms with E-state index in [-0.39, 0.29) is 23.3 Å². The number of aromatic hydroxyl groups is 2. The molecule has 0 unspecified atom stereocenters. The van der Waals surface area contributed by atoms with E-state index in [0.29, 0.717) is 34.0 Å². The van der Waals surface area contributed by atoms with Crippen molar-refractivity contribution in [3.05, 3.63) is 109 Å². The lowest BCUT2D eigenvalue weighted by Crippen LogP contribution is -2.01. The molecule has 0 bridgehead atoms. The minimum Gasteiger partial charge on any atom is -0.508 e. The summed E-state index contributed by atoms with van der Waals surface area (Å²) in [6.07, 6.45) is 0. The normalized spacial score (nSPS) is 10.6. The van der Waals surface area contributed by atoms with Gasteiger partial charge in [-0.2, -0.15) is 0 Å². The maximum Gasteiger partial charge on any atom is 0.247 e. The van der Waals surface area contributed by atoms with E-state index in [1.165, 1.54) is 0 Å². The van der Waals surface area contributed by atoms with Crippen LogP contribution in [0.25, 0.3) is 22.5 Å². The minimum atomic E-state index is 0.142. The molecule has 6 nitrogen and oxygen atoms in total. The molecular weight excluding hydrogens is 428 g/mol. The van der Waals surface area contributed by atoms with Gasteiger partial charge in [-0.05, 0) is 72.8 Å². The van der Waals surface area contributed by atoms with Crippen LogP contribution in [0.5, 0.6) is 34.8 Å². The van der Waals surface area contributed by atoms with Crippen LogP contribution in [0.2, 0.25) is 0 Å². The fraction of sp³-hybridized carbons (Fsp3) is 0. The van der Waals surface area contributed by atoms with Crippen LogP contribution >= 0.6 is 0 Å². The molecule has 4 aromatic carbocycles. The number of nitrogens with zero attached hydrogens (tertiary/aromatic N) is 2. The highest BCUT2D eigenvalue weighted by atomic mass is 16.5. The van der Waals surface area contributed by atoms with E-state index in [4.69, 9.17) is 19.4 Å². The molecular formula is C28H20N2O4. The third-order valence-corrected chi connectivity index (χ3v) is 5.03. The third-order valence-electron chi connectivity index (χ3n) is 5.03. The average molecular weight is 448 g/mol. The molecule has 166 valence electrons. The number of benzene rings is 4. The summed E-state index contributed by atoms with van der Waals surface area (Å²) in [6, 6.07) is 31.9. The Balaban J connectivity index is 1.70. The van der Waals surface area contributed by atoms with E-state index in [2.05, 4.69) is 0 Å². The van der Waals surface area contributed by atoms with Crippen LogP contribution < -0.4 is 9.47 Å². The van der Waals surface area contributed by atoms with Gasteiger partial charge < -0.3 is 19.7 Å². The largest absolute Gasteiger partial charge is 0.508 e.